The van der Waals surface area contributed by atoms with Crippen LogP contribution in [0.4, 0.5) is 0 Å². The lowest BCUT2D eigenvalue weighted by Gasteiger charge is -2.17. The third-order valence-electron chi connectivity index (χ3n) is 3.27. The molecule has 1 aromatic heterocycles. The summed E-state index contributed by atoms with van der Waals surface area (Å²) in [6.45, 7) is 8.43. The Labute approximate surface area is 109 Å². The van der Waals surface area contributed by atoms with Crippen LogP contribution >= 0.6 is 0 Å². The predicted octanol–water partition coefficient (Wildman–Crippen LogP) is 2.85. The van der Waals surface area contributed by atoms with Crippen molar-refractivity contribution < 1.29 is 0 Å². The van der Waals surface area contributed by atoms with Gasteiger partial charge in [-0.1, -0.05) is 23.8 Å². The van der Waals surface area contributed by atoms with Crippen molar-refractivity contribution in [1.29, 1.82) is 0 Å². The lowest BCUT2D eigenvalue weighted by atomic mass is 10.0. The molecule has 18 heavy (non-hydrogen) atoms. The first-order valence-corrected chi connectivity index (χ1v) is 6.43. The van der Waals surface area contributed by atoms with Gasteiger partial charge in [-0.05, 0) is 31.9 Å². The molecule has 96 valence electrons. The molecule has 2 aromatic rings. The molecule has 0 spiro atoms. The van der Waals surface area contributed by atoms with E-state index in [0.717, 1.165) is 13.1 Å². The maximum atomic E-state index is 4.04. The number of hydrogen-bond donors (Lipinski definition) is 1. The summed E-state index contributed by atoms with van der Waals surface area (Å²) >= 11 is 0. The standard InChI is InChI=1S/C15H21N3/c1-12-4-5-15(13(2)10-12)14(3)17-7-9-18-8-6-16-11-18/h4-6,8,10-11,14,17H,7,9H2,1-3H3. The topological polar surface area (TPSA) is 29.9 Å². The molecule has 0 aliphatic heterocycles. The van der Waals surface area contributed by atoms with Crippen molar-refractivity contribution in [2.75, 3.05) is 6.54 Å². The highest BCUT2D eigenvalue weighted by Crippen LogP contribution is 2.18. The normalized spacial score (nSPS) is 12.6. The van der Waals surface area contributed by atoms with Crippen LogP contribution in [0, 0.1) is 13.8 Å². The summed E-state index contributed by atoms with van der Waals surface area (Å²) in [6, 6.07) is 7.02. The van der Waals surface area contributed by atoms with Gasteiger partial charge in [-0.15, -0.1) is 0 Å². The quantitative estimate of drug-likeness (QED) is 0.875. The van der Waals surface area contributed by atoms with Gasteiger partial charge in [-0.3, -0.25) is 0 Å². The Balaban J connectivity index is 1.89. The SMILES string of the molecule is Cc1ccc(C(C)NCCn2ccnc2)c(C)c1. The monoisotopic (exact) mass is 243 g/mol. The third-order valence-corrected chi connectivity index (χ3v) is 3.27. The van der Waals surface area contributed by atoms with Crippen LogP contribution < -0.4 is 5.32 Å². The first-order chi connectivity index (χ1) is 8.66. The summed E-state index contributed by atoms with van der Waals surface area (Å²) in [4.78, 5) is 4.04. The summed E-state index contributed by atoms with van der Waals surface area (Å²) in [5.41, 5.74) is 4.06. The Morgan fingerprint density at radius 3 is 2.83 bits per heavy atom. The van der Waals surface area contributed by atoms with E-state index in [0.29, 0.717) is 6.04 Å². The molecule has 0 saturated heterocycles. The molecule has 2 rings (SSSR count). The second kappa shape index (κ2) is 5.83. The maximum Gasteiger partial charge on any atom is 0.0946 e. The van der Waals surface area contributed by atoms with E-state index < -0.39 is 0 Å². The minimum atomic E-state index is 0.383. The summed E-state index contributed by atoms with van der Waals surface area (Å²) in [7, 11) is 0. The van der Waals surface area contributed by atoms with Gasteiger partial charge in [0, 0.05) is 31.5 Å². The van der Waals surface area contributed by atoms with E-state index in [1.807, 2.05) is 18.7 Å². The van der Waals surface area contributed by atoms with Crippen LogP contribution in [0.2, 0.25) is 0 Å². The fourth-order valence-electron chi connectivity index (χ4n) is 2.25. The number of rotatable bonds is 5. The zero-order valence-electron chi connectivity index (χ0n) is 11.4. The second-order valence-corrected chi connectivity index (χ2v) is 4.84. The molecule has 0 fully saturated rings. The molecule has 0 aliphatic rings. The maximum absolute atomic E-state index is 4.04. The summed E-state index contributed by atoms with van der Waals surface area (Å²) in [5, 5.41) is 3.55. The molecule has 0 amide bonds. The Kier molecular flexibility index (Phi) is 4.15. The van der Waals surface area contributed by atoms with Crippen LogP contribution in [-0.4, -0.2) is 16.1 Å². The van der Waals surface area contributed by atoms with Crippen LogP contribution in [0.1, 0.15) is 29.7 Å². The summed E-state index contributed by atoms with van der Waals surface area (Å²) in [5.74, 6) is 0. The van der Waals surface area contributed by atoms with Crippen LogP contribution in [0.15, 0.2) is 36.9 Å². The molecule has 3 nitrogen and oxygen atoms in total. The van der Waals surface area contributed by atoms with Gasteiger partial charge in [-0.2, -0.15) is 0 Å². The minimum absolute atomic E-state index is 0.383. The first-order valence-electron chi connectivity index (χ1n) is 6.43. The molecule has 1 unspecified atom stereocenters. The summed E-state index contributed by atoms with van der Waals surface area (Å²) in [6.07, 6.45) is 5.65. The fourth-order valence-corrected chi connectivity index (χ4v) is 2.25. The van der Waals surface area contributed by atoms with Gasteiger partial charge in [0.15, 0.2) is 0 Å². The highest BCUT2D eigenvalue weighted by atomic mass is 15.0. The molecular weight excluding hydrogens is 222 g/mol. The smallest absolute Gasteiger partial charge is 0.0946 e. The largest absolute Gasteiger partial charge is 0.336 e. The van der Waals surface area contributed by atoms with E-state index in [9.17, 15) is 0 Å². The van der Waals surface area contributed by atoms with Crippen molar-refractivity contribution in [1.82, 2.24) is 14.9 Å². The molecule has 1 heterocycles. The second-order valence-electron chi connectivity index (χ2n) is 4.84. The number of aryl methyl sites for hydroxylation is 2. The molecule has 3 heteroatoms. The number of hydrogen-bond acceptors (Lipinski definition) is 2. The molecule has 0 aliphatic carbocycles. The summed E-state index contributed by atoms with van der Waals surface area (Å²) < 4.78 is 2.09. The van der Waals surface area contributed by atoms with E-state index >= 15 is 0 Å². The van der Waals surface area contributed by atoms with Crippen LogP contribution in [0.25, 0.3) is 0 Å². The van der Waals surface area contributed by atoms with Crippen molar-refractivity contribution in [2.24, 2.45) is 0 Å². The molecule has 1 aromatic carbocycles. The molecule has 0 saturated carbocycles. The number of nitrogens with zero attached hydrogens (tertiary/aromatic N) is 2. The van der Waals surface area contributed by atoms with Gasteiger partial charge in [0.05, 0.1) is 6.33 Å². The predicted molar refractivity (Wildman–Crippen MR) is 74.6 cm³/mol. The number of aromatic nitrogens is 2. The zero-order valence-corrected chi connectivity index (χ0v) is 11.4. The first kappa shape index (κ1) is 12.8. The Hall–Kier alpha value is -1.61. The van der Waals surface area contributed by atoms with Gasteiger partial charge in [0.2, 0.25) is 0 Å². The molecule has 1 atom stereocenters. The molecule has 1 N–H and O–H groups in total. The molecule has 0 radical (unpaired) electrons. The zero-order chi connectivity index (χ0) is 13.0. The van der Waals surface area contributed by atoms with E-state index in [4.69, 9.17) is 0 Å². The minimum Gasteiger partial charge on any atom is -0.336 e. The number of benzene rings is 1. The average molecular weight is 243 g/mol. The Bertz CT molecular complexity index is 488. The third kappa shape index (κ3) is 3.20. The Morgan fingerprint density at radius 2 is 2.17 bits per heavy atom. The number of nitrogens with one attached hydrogen (secondary N) is 1. The van der Waals surface area contributed by atoms with E-state index in [-0.39, 0.29) is 0 Å². The van der Waals surface area contributed by atoms with Crippen LogP contribution in [0.5, 0.6) is 0 Å². The van der Waals surface area contributed by atoms with Gasteiger partial charge in [0.25, 0.3) is 0 Å². The van der Waals surface area contributed by atoms with E-state index in [1.54, 1.807) is 0 Å². The van der Waals surface area contributed by atoms with E-state index in [2.05, 4.69) is 53.8 Å². The lowest BCUT2D eigenvalue weighted by Crippen LogP contribution is -2.23. The molecule has 0 bridgehead atoms. The van der Waals surface area contributed by atoms with Gasteiger partial charge in [-0.25, -0.2) is 4.98 Å². The van der Waals surface area contributed by atoms with Crippen molar-refractivity contribution in [3.63, 3.8) is 0 Å². The van der Waals surface area contributed by atoms with Crippen LogP contribution in [-0.2, 0) is 6.54 Å². The number of imidazole rings is 1. The van der Waals surface area contributed by atoms with Gasteiger partial charge < -0.3 is 9.88 Å². The van der Waals surface area contributed by atoms with Gasteiger partial charge in [0.1, 0.15) is 0 Å². The van der Waals surface area contributed by atoms with E-state index in [1.165, 1.54) is 16.7 Å². The lowest BCUT2D eigenvalue weighted by molar-refractivity contribution is 0.529. The van der Waals surface area contributed by atoms with Crippen molar-refractivity contribution in [3.8, 4) is 0 Å². The highest BCUT2D eigenvalue weighted by Gasteiger charge is 2.07. The van der Waals surface area contributed by atoms with Gasteiger partial charge >= 0.3 is 0 Å². The fraction of sp³-hybridized carbons (Fsp3) is 0.400. The van der Waals surface area contributed by atoms with Crippen molar-refractivity contribution >= 4 is 0 Å². The van der Waals surface area contributed by atoms with Crippen LogP contribution in [0.3, 0.4) is 0 Å². The van der Waals surface area contributed by atoms with Crippen molar-refractivity contribution in [2.45, 2.75) is 33.4 Å². The Morgan fingerprint density at radius 1 is 1.33 bits per heavy atom. The van der Waals surface area contributed by atoms with Crippen molar-refractivity contribution in [3.05, 3.63) is 53.6 Å². The molecular formula is C15H21N3. The average Bonchev–Trinajstić information content (AvgIpc) is 2.81. The highest BCUT2D eigenvalue weighted by molar-refractivity contribution is 5.32.